The molecule has 2 aromatic carbocycles. The number of fused-ring (bicyclic) bond motifs is 2. The molecule has 2 atom stereocenters. The van der Waals surface area contributed by atoms with Crippen molar-refractivity contribution in [1.82, 2.24) is 20.1 Å². The number of benzene rings is 2. The highest BCUT2D eigenvalue weighted by Gasteiger charge is 2.54. The fourth-order valence-electron chi connectivity index (χ4n) is 5.71. The van der Waals surface area contributed by atoms with E-state index in [1.807, 2.05) is 52.3 Å². The number of piperidine rings is 1. The third-order valence-corrected chi connectivity index (χ3v) is 7.45. The summed E-state index contributed by atoms with van der Waals surface area (Å²) in [6, 6.07) is 13.5. The summed E-state index contributed by atoms with van der Waals surface area (Å²) in [5.74, 6) is -0.546. The van der Waals surface area contributed by atoms with Gasteiger partial charge < -0.3 is 20.0 Å². The van der Waals surface area contributed by atoms with Crippen molar-refractivity contribution in [2.24, 2.45) is 11.7 Å². The van der Waals surface area contributed by atoms with Crippen LogP contribution in [0.4, 0.5) is 6.01 Å². The van der Waals surface area contributed by atoms with Gasteiger partial charge in [0, 0.05) is 36.5 Å². The summed E-state index contributed by atoms with van der Waals surface area (Å²) < 4.78 is 6.07. The molecule has 1 unspecified atom stereocenters. The molecule has 6 rings (SSSR count). The molecule has 9 heteroatoms. The number of hydrogen-bond acceptors (Lipinski definition) is 6. The Balaban J connectivity index is 1.31. The van der Waals surface area contributed by atoms with E-state index in [0.29, 0.717) is 49.6 Å². The number of carbonyl (C=O) groups is 2. The van der Waals surface area contributed by atoms with E-state index in [1.165, 1.54) is 0 Å². The summed E-state index contributed by atoms with van der Waals surface area (Å²) in [6.07, 6.45) is 4.86. The van der Waals surface area contributed by atoms with Crippen LogP contribution in [0.15, 0.2) is 53.1 Å². The number of anilines is 1. The predicted octanol–water partition coefficient (Wildman–Crippen LogP) is 3.08. The number of H-pyrrole nitrogens is 1. The second kappa shape index (κ2) is 7.86. The van der Waals surface area contributed by atoms with E-state index in [4.69, 9.17) is 10.2 Å². The Morgan fingerprint density at radius 2 is 2.03 bits per heavy atom. The van der Waals surface area contributed by atoms with Crippen LogP contribution in [0, 0.1) is 5.92 Å². The normalized spacial score (nSPS) is 23.1. The molecule has 2 fully saturated rings. The molecule has 2 saturated heterocycles. The van der Waals surface area contributed by atoms with Crippen molar-refractivity contribution in [3.63, 3.8) is 0 Å². The van der Waals surface area contributed by atoms with E-state index in [-0.39, 0.29) is 17.7 Å². The Hall–Kier alpha value is -3.88. The zero-order valence-corrected chi connectivity index (χ0v) is 18.7. The van der Waals surface area contributed by atoms with Gasteiger partial charge in [-0.25, -0.2) is 0 Å². The van der Waals surface area contributed by atoms with Gasteiger partial charge in [-0.1, -0.05) is 18.2 Å². The fraction of sp³-hybridized carbons (Fsp3) is 0.360. The third kappa shape index (κ3) is 3.14. The van der Waals surface area contributed by atoms with Gasteiger partial charge in [-0.05, 0) is 49.9 Å². The van der Waals surface area contributed by atoms with Crippen LogP contribution in [0.3, 0.4) is 0 Å². The zero-order chi connectivity index (χ0) is 23.3. The lowest BCUT2D eigenvalue weighted by atomic mass is 9.75. The maximum atomic E-state index is 13.3. The minimum absolute atomic E-state index is 0.0529. The molecule has 4 heterocycles. The average Bonchev–Trinajstić information content (AvgIpc) is 3.62. The number of aromatic amines is 1. The fourth-order valence-corrected chi connectivity index (χ4v) is 5.71. The minimum atomic E-state index is -0.943. The second-order valence-electron chi connectivity index (χ2n) is 9.27. The zero-order valence-electron chi connectivity index (χ0n) is 18.7. The first kappa shape index (κ1) is 20.7. The highest BCUT2D eigenvalue weighted by Crippen LogP contribution is 2.42. The molecule has 2 amide bonds. The average molecular weight is 459 g/mol. The number of amides is 2. The summed E-state index contributed by atoms with van der Waals surface area (Å²) in [5.41, 5.74) is 8.03. The van der Waals surface area contributed by atoms with Crippen LogP contribution in [0.25, 0.3) is 22.0 Å². The molecule has 0 aliphatic carbocycles. The molecule has 0 spiro atoms. The molecule has 9 nitrogen and oxygen atoms in total. The number of carbonyl (C=O) groups excluding carboxylic acids is 2. The van der Waals surface area contributed by atoms with Crippen molar-refractivity contribution in [2.75, 3.05) is 24.5 Å². The maximum absolute atomic E-state index is 13.3. The lowest BCUT2D eigenvalue weighted by Gasteiger charge is -2.47. The van der Waals surface area contributed by atoms with Crippen LogP contribution in [-0.2, 0) is 4.79 Å². The van der Waals surface area contributed by atoms with Crippen LogP contribution in [-0.4, -0.2) is 57.1 Å². The van der Waals surface area contributed by atoms with Gasteiger partial charge in [0.25, 0.3) is 11.9 Å². The number of aromatic nitrogens is 3. The smallest absolute Gasteiger partial charge is 0.299 e. The molecular weight excluding hydrogens is 432 g/mol. The van der Waals surface area contributed by atoms with Gasteiger partial charge >= 0.3 is 0 Å². The molecule has 0 radical (unpaired) electrons. The van der Waals surface area contributed by atoms with Crippen LogP contribution < -0.4 is 10.6 Å². The third-order valence-electron chi connectivity index (χ3n) is 7.45. The lowest BCUT2D eigenvalue weighted by Crippen LogP contribution is -2.65. The van der Waals surface area contributed by atoms with E-state index in [0.717, 1.165) is 29.3 Å². The molecule has 0 bridgehead atoms. The number of para-hydroxylation sites is 2. The van der Waals surface area contributed by atoms with Crippen LogP contribution in [0.2, 0.25) is 0 Å². The van der Waals surface area contributed by atoms with E-state index in [9.17, 15) is 9.59 Å². The molecule has 3 N–H and O–H groups in total. The number of hydrogen-bond donors (Lipinski definition) is 2. The number of nitrogens with two attached hydrogens (primary N) is 1. The van der Waals surface area contributed by atoms with Gasteiger partial charge in [0.1, 0.15) is 11.1 Å². The van der Waals surface area contributed by atoms with Crippen LogP contribution in [0.5, 0.6) is 0 Å². The number of likely N-dealkylation sites (tertiary alicyclic amines) is 1. The number of primary amides is 1. The van der Waals surface area contributed by atoms with E-state index < -0.39 is 5.54 Å². The largest absolute Gasteiger partial charge is 0.423 e. The van der Waals surface area contributed by atoms with Crippen molar-refractivity contribution in [3.05, 3.63) is 54.2 Å². The molecule has 0 saturated carbocycles. The highest BCUT2D eigenvalue weighted by atomic mass is 16.4. The Morgan fingerprint density at radius 3 is 2.88 bits per heavy atom. The Kier molecular flexibility index (Phi) is 4.79. The Labute approximate surface area is 195 Å². The van der Waals surface area contributed by atoms with Crippen molar-refractivity contribution < 1.29 is 14.0 Å². The number of rotatable bonds is 4. The van der Waals surface area contributed by atoms with Crippen molar-refractivity contribution in [2.45, 2.75) is 31.2 Å². The van der Waals surface area contributed by atoms with Crippen molar-refractivity contribution >= 4 is 39.8 Å². The molecule has 2 aliphatic rings. The first-order valence-corrected chi connectivity index (χ1v) is 11.7. The van der Waals surface area contributed by atoms with Gasteiger partial charge in [-0.3, -0.25) is 14.7 Å². The van der Waals surface area contributed by atoms with Gasteiger partial charge in [-0.2, -0.15) is 10.1 Å². The second-order valence-corrected chi connectivity index (χ2v) is 9.27. The van der Waals surface area contributed by atoms with Crippen LogP contribution >= 0.6 is 0 Å². The van der Waals surface area contributed by atoms with Crippen LogP contribution in [0.1, 0.15) is 36.0 Å². The van der Waals surface area contributed by atoms with Gasteiger partial charge in [-0.15, -0.1) is 0 Å². The standard InChI is InChI=1S/C25H26N6O3/c26-23(33)25(10-3-4-11-31(25)24-28-19-5-1-2-6-21(19)34-24)18-9-12-30(15-18)22(32)16-7-8-17-14-27-29-20(17)13-16/h1-2,5-8,13-14,18H,3-4,9-12,15H2,(H2,26,33)(H,27,29)/t18-,25?/m0/s1. The minimum Gasteiger partial charge on any atom is -0.423 e. The molecule has 2 aliphatic heterocycles. The highest BCUT2D eigenvalue weighted by molar-refractivity contribution is 5.98. The SMILES string of the molecule is NC(=O)C1([C@H]2CCN(C(=O)c3ccc4cn[nH]c4c3)C2)CCCCN1c1nc2ccccc2o1. The number of nitrogens with zero attached hydrogens (tertiary/aromatic N) is 4. The number of nitrogens with one attached hydrogen (secondary N) is 1. The summed E-state index contributed by atoms with van der Waals surface area (Å²) in [4.78, 5) is 34.9. The van der Waals surface area contributed by atoms with Crippen molar-refractivity contribution in [3.8, 4) is 0 Å². The Bertz CT molecular complexity index is 1360. The first-order valence-electron chi connectivity index (χ1n) is 11.7. The summed E-state index contributed by atoms with van der Waals surface area (Å²) >= 11 is 0. The molecule has 174 valence electrons. The predicted molar refractivity (Wildman–Crippen MR) is 127 cm³/mol. The van der Waals surface area contributed by atoms with Crippen molar-refractivity contribution in [1.29, 1.82) is 0 Å². The topological polar surface area (TPSA) is 121 Å². The van der Waals surface area contributed by atoms with Gasteiger partial charge in [0.2, 0.25) is 5.91 Å². The van der Waals surface area contributed by atoms with E-state index in [1.54, 1.807) is 6.20 Å². The molecule has 2 aromatic heterocycles. The lowest BCUT2D eigenvalue weighted by molar-refractivity contribution is -0.126. The monoisotopic (exact) mass is 458 g/mol. The summed E-state index contributed by atoms with van der Waals surface area (Å²) in [6.45, 7) is 1.66. The summed E-state index contributed by atoms with van der Waals surface area (Å²) in [7, 11) is 0. The Morgan fingerprint density at radius 1 is 1.15 bits per heavy atom. The molecular formula is C25H26N6O3. The molecule has 4 aromatic rings. The van der Waals surface area contributed by atoms with Gasteiger partial charge in [0.05, 0.1) is 11.7 Å². The van der Waals surface area contributed by atoms with E-state index >= 15 is 0 Å². The number of oxazole rings is 1. The van der Waals surface area contributed by atoms with Gasteiger partial charge in [0.15, 0.2) is 5.58 Å². The summed E-state index contributed by atoms with van der Waals surface area (Å²) in [5, 5.41) is 7.91. The van der Waals surface area contributed by atoms with E-state index in [2.05, 4.69) is 15.2 Å². The maximum Gasteiger partial charge on any atom is 0.299 e. The quantitative estimate of drug-likeness (QED) is 0.485. The first-order chi connectivity index (χ1) is 16.6. The molecule has 34 heavy (non-hydrogen) atoms.